The van der Waals surface area contributed by atoms with E-state index in [2.05, 4.69) is 6.92 Å². The number of hydrogen-bond acceptors (Lipinski definition) is 3. The number of rotatable bonds is 3. The number of hydrogen-bond donors (Lipinski definition) is 0. The molecule has 2 amide bonds. The molecule has 144 valence electrons. The molecule has 0 unspecified atom stereocenters. The van der Waals surface area contributed by atoms with E-state index in [4.69, 9.17) is 11.6 Å². The van der Waals surface area contributed by atoms with Gasteiger partial charge in [0.2, 0.25) is 5.91 Å². The van der Waals surface area contributed by atoms with Crippen LogP contribution in [-0.2, 0) is 16.1 Å². The van der Waals surface area contributed by atoms with Crippen molar-refractivity contribution >= 4 is 40.9 Å². The van der Waals surface area contributed by atoms with Crippen molar-refractivity contribution in [2.24, 2.45) is 0 Å². The molecule has 0 saturated carbocycles. The summed E-state index contributed by atoms with van der Waals surface area (Å²) in [4.78, 5) is 31.0. The Balaban J connectivity index is 1.68. The summed E-state index contributed by atoms with van der Waals surface area (Å²) < 4.78 is 0. The number of fused-ring (bicyclic) bond motifs is 1. The van der Waals surface area contributed by atoms with E-state index in [1.54, 1.807) is 4.90 Å². The Kier molecular flexibility index (Phi) is 5.47. The third-order valence-electron chi connectivity index (χ3n) is 5.21. The van der Waals surface area contributed by atoms with Crippen molar-refractivity contribution in [3.05, 3.63) is 70.1 Å². The Bertz CT molecular complexity index is 959. The van der Waals surface area contributed by atoms with Gasteiger partial charge in [-0.3, -0.25) is 9.59 Å². The molecule has 0 aromatic heterocycles. The Morgan fingerprint density at radius 1 is 1.21 bits per heavy atom. The van der Waals surface area contributed by atoms with Crippen molar-refractivity contribution in [1.82, 2.24) is 4.90 Å². The number of nitrogens with zero attached hydrogens (tertiary/aromatic N) is 2. The summed E-state index contributed by atoms with van der Waals surface area (Å²) in [7, 11) is 0. The van der Waals surface area contributed by atoms with Gasteiger partial charge in [0.25, 0.3) is 5.91 Å². The van der Waals surface area contributed by atoms with E-state index >= 15 is 0 Å². The van der Waals surface area contributed by atoms with Crippen LogP contribution in [0.5, 0.6) is 0 Å². The van der Waals surface area contributed by atoms with Crippen LogP contribution in [0.1, 0.15) is 25.3 Å². The number of likely N-dealkylation sites (tertiary alicyclic amines) is 1. The lowest BCUT2D eigenvalue weighted by atomic mass is 10.1. The second-order valence-corrected chi connectivity index (χ2v) is 8.57. The maximum atomic E-state index is 13.3. The summed E-state index contributed by atoms with van der Waals surface area (Å²) in [6, 6.07) is 15.5. The zero-order valence-electron chi connectivity index (χ0n) is 15.6. The molecule has 4 nitrogen and oxygen atoms in total. The minimum Gasteiger partial charge on any atom is -0.336 e. The molecule has 2 heterocycles. The fraction of sp³-hybridized carbons (Fsp3) is 0.273. The molecule has 0 radical (unpaired) electrons. The van der Waals surface area contributed by atoms with E-state index < -0.39 is 0 Å². The Morgan fingerprint density at radius 2 is 1.96 bits per heavy atom. The Morgan fingerprint density at radius 3 is 2.71 bits per heavy atom. The van der Waals surface area contributed by atoms with E-state index in [0.29, 0.717) is 16.5 Å². The van der Waals surface area contributed by atoms with Gasteiger partial charge in [0.05, 0.1) is 17.1 Å². The first-order valence-electron chi connectivity index (χ1n) is 9.39. The number of anilines is 1. The van der Waals surface area contributed by atoms with Crippen molar-refractivity contribution in [1.29, 1.82) is 0 Å². The number of amides is 2. The molecule has 2 aliphatic heterocycles. The lowest BCUT2D eigenvalue weighted by Crippen LogP contribution is -2.36. The van der Waals surface area contributed by atoms with Crippen molar-refractivity contribution in [2.45, 2.75) is 37.2 Å². The standard InChI is InChI=1S/C22H21ClN2O2S/c1-15-7-6-12-24(15)21(26)13-20-22(27)25(14-16-8-2-3-9-17(16)23)18-10-4-5-11-19(18)28-20/h2-5,8-11,13,15H,6-7,12,14H2,1H3/b20-13+/t15-/m1/s1. The highest BCUT2D eigenvalue weighted by atomic mass is 35.5. The van der Waals surface area contributed by atoms with Gasteiger partial charge >= 0.3 is 0 Å². The lowest BCUT2D eigenvalue weighted by Gasteiger charge is -2.31. The van der Waals surface area contributed by atoms with E-state index in [-0.39, 0.29) is 17.9 Å². The van der Waals surface area contributed by atoms with Crippen LogP contribution in [0.4, 0.5) is 5.69 Å². The highest BCUT2D eigenvalue weighted by molar-refractivity contribution is 8.04. The third kappa shape index (κ3) is 3.69. The predicted octanol–water partition coefficient (Wildman–Crippen LogP) is 4.87. The minimum absolute atomic E-state index is 0.0853. The van der Waals surface area contributed by atoms with Crippen molar-refractivity contribution in [3.63, 3.8) is 0 Å². The van der Waals surface area contributed by atoms with Gasteiger partial charge < -0.3 is 9.80 Å². The fourth-order valence-corrected chi connectivity index (χ4v) is 4.89. The number of para-hydroxylation sites is 1. The van der Waals surface area contributed by atoms with Gasteiger partial charge in [-0.1, -0.05) is 53.7 Å². The second-order valence-electron chi connectivity index (χ2n) is 7.08. The second kappa shape index (κ2) is 8.02. The molecule has 2 aromatic rings. The van der Waals surface area contributed by atoms with Crippen LogP contribution < -0.4 is 4.90 Å². The molecule has 1 saturated heterocycles. The molecular weight excluding hydrogens is 392 g/mol. The first-order chi connectivity index (χ1) is 13.5. The molecule has 1 fully saturated rings. The van der Waals surface area contributed by atoms with Crippen molar-refractivity contribution in [2.75, 3.05) is 11.4 Å². The van der Waals surface area contributed by atoms with Gasteiger partial charge in [0, 0.05) is 28.6 Å². The number of thioether (sulfide) groups is 1. The van der Waals surface area contributed by atoms with Gasteiger partial charge in [-0.15, -0.1) is 0 Å². The summed E-state index contributed by atoms with van der Waals surface area (Å²) in [6.45, 7) is 3.17. The smallest absolute Gasteiger partial charge is 0.265 e. The van der Waals surface area contributed by atoms with E-state index in [9.17, 15) is 9.59 Å². The third-order valence-corrected chi connectivity index (χ3v) is 6.66. The van der Waals surface area contributed by atoms with Crippen LogP contribution in [0.25, 0.3) is 0 Å². The van der Waals surface area contributed by atoms with E-state index in [1.165, 1.54) is 17.8 Å². The fourth-order valence-electron chi connectivity index (χ4n) is 3.67. The predicted molar refractivity (Wildman–Crippen MR) is 113 cm³/mol. The summed E-state index contributed by atoms with van der Waals surface area (Å²) >= 11 is 7.68. The zero-order chi connectivity index (χ0) is 19.7. The monoisotopic (exact) mass is 412 g/mol. The molecule has 2 aromatic carbocycles. The normalized spacial score (nSPS) is 20.6. The van der Waals surface area contributed by atoms with Crippen LogP contribution in [0.15, 0.2) is 64.4 Å². The first kappa shape index (κ1) is 19.1. The molecule has 0 N–H and O–H groups in total. The zero-order valence-corrected chi connectivity index (χ0v) is 17.2. The van der Waals surface area contributed by atoms with Gasteiger partial charge in [-0.05, 0) is 43.5 Å². The average molecular weight is 413 g/mol. The number of benzene rings is 2. The topological polar surface area (TPSA) is 40.6 Å². The lowest BCUT2D eigenvalue weighted by molar-refractivity contribution is -0.126. The largest absolute Gasteiger partial charge is 0.336 e. The molecule has 0 spiro atoms. The SMILES string of the molecule is C[C@@H]1CCCN1C(=O)/C=C1/Sc2ccccc2N(Cc2ccccc2Cl)C1=O. The molecule has 0 bridgehead atoms. The van der Waals surface area contributed by atoms with Crippen molar-refractivity contribution < 1.29 is 9.59 Å². The van der Waals surface area contributed by atoms with Gasteiger partial charge in [0.1, 0.15) is 0 Å². The summed E-state index contributed by atoms with van der Waals surface area (Å²) in [5.41, 5.74) is 1.72. The maximum absolute atomic E-state index is 13.3. The van der Waals surface area contributed by atoms with Crippen LogP contribution in [0.2, 0.25) is 5.02 Å². The van der Waals surface area contributed by atoms with Crippen LogP contribution in [0.3, 0.4) is 0 Å². The minimum atomic E-state index is -0.163. The van der Waals surface area contributed by atoms with Gasteiger partial charge in [-0.25, -0.2) is 0 Å². The first-order valence-corrected chi connectivity index (χ1v) is 10.6. The number of halogens is 1. The molecule has 2 aliphatic rings. The summed E-state index contributed by atoms with van der Waals surface area (Å²) in [5, 5.41) is 0.624. The molecule has 1 atom stereocenters. The molecule has 4 rings (SSSR count). The summed E-state index contributed by atoms with van der Waals surface area (Å²) in [6.07, 6.45) is 3.53. The van der Waals surface area contributed by atoms with E-state index in [0.717, 1.165) is 35.5 Å². The van der Waals surface area contributed by atoms with Gasteiger partial charge in [-0.2, -0.15) is 0 Å². The Hall–Kier alpha value is -2.24. The Labute approximate surface area is 174 Å². The van der Waals surface area contributed by atoms with Crippen LogP contribution >= 0.6 is 23.4 Å². The number of carbonyl (C=O) groups is 2. The molecular formula is C22H21ClN2O2S. The highest BCUT2D eigenvalue weighted by Gasteiger charge is 2.31. The van der Waals surface area contributed by atoms with Crippen molar-refractivity contribution in [3.8, 4) is 0 Å². The molecule has 6 heteroatoms. The highest BCUT2D eigenvalue weighted by Crippen LogP contribution is 2.42. The van der Waals surface area contributed by atoms with Crippen LogP contribution in [-0.4, -0.2) is 29.3 Å². The average Bonchev–Trinajstić information content (AvgIpc) is 3.12. The molecule has 0 aliphatic carbocycles. The molecule has 28 heavy (non-hydrogen) atoms. The number of carbonyl (C=O) groups excluding carboxylic acids is 2. The maximum Gasteiger partial charge on any atom is 0.265 e. The quantitative estimate of drug-likeness (QED) is 0.675. The van der Waals surface area contributed by atoms with Crippen LogP contribution in [0, 0.1) is 0 Å². The van der Waals surface area contributed by atoms with Gasteiger partial charge in [0.15, 0.2) is 0 Å². The van der Waals surface area contributed by atoms with E-state index in [1.807, 2.05) is 53.4 Å². The summed E-state index contributed by atoms with van der Waals surface area (Å²) in [5.74, 6) is -0.248.